The molecular weight excluding hydrogens is 247 g/mol. The molecule has 0 saturated carbocycles. The molecule has 0 aromatic rings. The predicted molar refractivity (Wildman–Crippen MR) is 27.3 cm³/mol. The van der Waals surface area contributed by atoms with E-state index in [9.17, 15) is 39.5 Å². The van der Waals surface area contributed by atoms with Gasteiger partial charge >= 0.3 is 24.1 Å². The monoisotopic (exact) mass is 249 g/mol. The lowest BCUT2D eigenvalue weighted by Gasteiger charge is -2.32. The Labute approximate surface area is 76.8 Å². The first-order valence-electron chi connectivity index (χ1n) is 2.94. The average Bonchev–Trinajstić information content (AvgIpc) is 2.01. The van der Waals surface area contributed by atoms with Crippen LogP contribution < -0.4 is 0 Å². The molecule has 0 atom stereocenters. The number of ether oxygens (including phenoxy) is 1. The van der Waals surface area contributed by atoms with Gasteiger partial charge in [-0.1, -0.05) is 0 Å². The number of halogens is 9. The standard InChI is InChI=1S/C5H2F9O/c1-15-5(13,14)3(8,9)2(6,7)4(10,11)12/h1H2. The van der Waals surface area contributed by atoms with E-state index in [1.165, 1.54) is 0 Å². The van der Waals surface area contributed by atoms with Gasteiger partial charge in [0.1, 0.15) is 0 Å². The summed E-state index contributed by atoms with van der Waals surface area (Å²) in [6.07, 6.45) is -12.9. The molecule has 0 spiro atoms. The fourth-order valence-electron chi connectivity index (χ4n) is 0.451. The minimum absolute atomic E-state index is 1.69. The highest BCUT2D eigenvalue weighted by atomic mass is 19.4. The van der Waals surface area contributed by atoms with Crippen LogP contribution >= 0.6 is 0 Å². The minimum Gasteiger partial charge on any atom is -0.313 e. The first-order valence-corrected chi connectivity index (χ1v) is 2.94. The summed E-state index contributed by atoms with van der Waals surface area (Å²) >= 11 is 0. The van der Waals surface area contributed by atoms with E-state index in [2.05, 4.69) is 4.74 Å². The SMILES string of the molecule is [CH2]OC(F)(F)C(F)(F)C(F)(F)C(F)(F)F. The normalized spacial score (nSPS) is 15.6. The zero-order chi connectivity index (χ0) is 12.7. The zero-order valence-electron chi connectivity index (χ0n) is 6.52. The topological polar surface area (TPSA) is 9.23 Å². The summed E-state index contributed by atoms with van der Waals surface area (Å²) in [5.41, 5.74) is 0. The van der Waals surface area contributed by atoms with Crippen molar-refractivity contribution < 1.29 is 44.3 Å². The van der Waals surface area contributed by atoms with E-state index in [1.807, 2.05) is 0 Å². The first-order chi connectivity index (χ1) is 6.31. The van der Waals surface area contributed by atoms with Crippen LogP contribution in [0.2, 0.25) is 0 Å². The molecule has 0 N–H and O–H groups in total. The van der Waals surface area contributed by atoms with Crippen LogP contribution in [0, 0.1) is 7.11 Å². The molecule has 0 saturated heterocycles. The number of hydrogen-bond acceptors (Lipinski definition) is 1. The third kappa shape index (κ3) is 1.99. The Morgan fingerprint density at radius 1 is 0.667 bits per heavy atom. The zero-order valence-corrected chi connectivity index (χ0v) is 6.52. The molecule has 0 heterocycles. The van der Waals surface area contributed by atoms with Crippen molar-refractivity contribution in [1.82, 2.24) is 0 Å². The Bertz CT molecular complexity index is 229. The lowest BCUT2D eigenvalue weighted by molar-refractivity contribution is -0.436. The molecule has 91 valence electrons. The van der Waals surface area contributed by atoms with Crippen molar-refractivity contribution in [3.63, 3.8) is 0 Å². The van der Waals surface area contributed by atoms with Crippen LogP contribution in [0.4, 0.5) is 39.5 Å². The number of hydrogen-bond donors (Lipinski definition) is 0. The molecule has 0 aliphatic carbocycles. The van der Waals surface area contributed by atoms with Crippen molar-refractivity contribution in [3.05, 3.63) is 7.11 Å². The largest absolute Gasteiger partial charge is 0.460 e. The van der Waals surface area contributed by atoms with E-state index < -0.39 is 24.1 Å². The number of alkyl halides is 9. The molecule has 0 unspecified atom stereocenters. The molecule has 1 radical (unpaired) electrons. The van der Waals surface area contributed by atoms with Gasteiger partial charge in [-0.25, -0.2) is 0 Å². The summed E-state index contributed by atoms with van der Waals surface area (Å²) in [6, 6.07) is 0. The second-order valence-electron chi connectivity index (χ2n) is 2.31. The molecule has 0 rings (SSSR count). The van der Waals surface area contributed by atoms with Crippen molar-refractivity contribution in [1.29, 1.82) is 0 Å². The maximum absolute atomic E-state index is 12.1. The summed E-state index contributed by atoms with van der Waals surface area (Å²) in [5.74, 6) is -13.7. The van der Waals surface area contributed by atoms with E-state index in [0.29, 0.717) is 0 Å². The molecule has 10 heteroatoms. The summed E-state index contributed by atoms with van der Waals surface area (Å²) in [4.78, 5) is 0. The summed E-state index contributed by atoms with van der Waals surface area (Å²) in [6.45, 7) is 0. The van der Waals surface area contributed by atoms with Gasteiger partial charge in [-0.2, -0.15) is 39.5 Å². The maximum atomic E-state index is 12.1. The molecule has 0 aliphatic heterocycles. The highest BCUT2D eigenvalue weighted by Crippen LogP contribution is 2.53. The van der Waals surface area contributed by atoms with Crippen LogP contribution in [0.1, 0.15) is 0 Å². The quantitative estimate of drug-likeness (QED) is 0.698. The Morgan fingerprint density at radius 3 is 1.20 bits per heavy atom. The highest BCUT2D eigenvalue weighted by Gasteiger charge is 2.82. The molecule has 0 aromatic carbocycles. The molecular formula is C5H2F9O. The summed E-state index contributed by atoms with van der Waals surface area (Å²) in [7, 11) is 1.69. The van der Waals surface area contributed by atoms with Gasteiger partial charge in [-0.3, -0.25) is 0 Å². The van der Waals surface area contributed by atoms with E-state index in [4.69, 9.17) is 0 Å². The van der Waals surface area contributed by atoms with Gasteiger partial charge < -0.3 is 4.74 Å². The molecule has 0 aromatic heterocycles. The van der Waals surface area contributed by atoms with Gasteiger partial charge in [0, 0.05) is 0 Å². The third-order valence-corrected chi connectivity index (χ3v) is 1.30. The second-order valence-corrected chi connectivity index (χ2v) is 2.31. The Hall–Kier alpha value is -0.670. The lowest BCUT2D eigenvalue weighted by atomic mass is 10.1. The molecule has 0 fully saturated rings. The van der Waals surface area contributed by atoms with Crippen molar-refractivity contribution in [2.75, 3.05) is 0 Å². The Morgan fingerprint density at radius 2 is 1.00 bits per heavy atom. The van der Waals surface area contributed by atoms with Crippen molar-refractivity contribution >= 4 is 0 Å². The van der Waals surface area contributed by atoms with Gasteiger partial charge in [0.25, 0.3) is 0 Å². The van der Waals surface area contributed by atoms with Crippen LogP contribution in [0.15, 0.2) is 0 Å². The molecule has 0 bridgehead atoms. The number of rotatable bonds is 3. The highest BCUT2D eigenvalue weighted by molar-refractivity contribution is 4.96. The smallest absolute Gasteiger partial charge is 0.313 e. The van der Waals surface area contributed by atoms with Crippen molar-refractivity contribution in [2.24, 2.45) is 0 Å². The molecule has 0 amide bonds. The van der Waals surface area contributed by atoms with E-state index in [1.54, 1.807) is 7.11 Å². The predicted octanol–water partition coefficient (Wildman–Crippen LogP) is 3.22. The first kappa shape index (κ1) is 14.3. The van der Waals surface area contributed by atoms with E-state index in [0.717, 1.165) is 0 Å². The second kappa shape index (κ2) is 3.42. The van der Waals surface area contributed by atoms with Crippen LogP contribution in [0.5, 0.6) is 0 Å². The lowest BCUT2D eigenvalue weighted by Crippen LogP contribution is -2.61. The fourth-order valence-corrected chi connectivity index (χ4v) is 0.451. The van der Waals surface area contributed by atoms with Crippen LogP contribution in [0.3, 0.4) is 0 Å². The van der Waals surface area contributed by atoms with Crippen LogP contribution in [0.25, 0.3) is 0 Å². The van der Waals surface area contributed by atoms with Gasteiger partial charge in [-0.15, -0.1) is 0 Å². The van der Waals surface area contributed by atoms with Crippen LogP contribution in [-0.4, -0.2) is 24.1 Å². The van der Waals surface area contributed by atoms with Gasteiger partial charge in [0.15, 0.2) is 0 Å². The molecule has 0 aliphatic rings. The van der Waals surface area contributed by atoms with E-state index >= 15 is 0 Å². The molecule has 1 nitrogen and oxygen atoms in total. The van der Waals surface area contributed by atoms with Gasteiger partial charge in [0.2, 0.25) is 0 Å². The minimum atomic E-state index is -6.93. The maximum Gasteiger partial charge on any atom is 0.460 e. The summed E-state index contributed by atoms with van der Waals surface area (Å²) < 4.78 is 108. The third-order valence-electron chi connectivity index (χ3n) is 1.30. The van der Waals surface area contributed by atoms with Gasteiger partial charge in [-0.05, 0) is 0 Å². The van der Waals surface area contributed by atoms with Crippen LogP contribution in [-0.2, 0) is 4.74 Å². The Kier molecular flexibility index (Phi) is 3.27. The average molecular weight is 249 g/mol. The van der Waals surface area contributed by atoms with Crippen molar-refractivity contribution in [3.8, 4) is 0 Å². The van der Waals surface area contributed by atoms with Crippen molar-refractivity contribution in [2.45, 2.75) is 24.1 Å². The Balaban J connectivity index is 5.38. The fraction of sp³-hybridized carbons (Fsp3) is 0.800. The van der Waals surface area contributed by atoms with E-state index in [-0.39, 0.29) is 0 Å². The van der Waals surface area contributed by atoms with Gasteiger partial charge in [0.05, 0.1) is 7.11 Å². The molecule has 15 heavy (non-hydrogen) atoms. The summed E-state index contributed by atoms with van der Waals surface area (Å²) in [5, 5.41) is 0.